The Balaban J connectivity index is 2.44. The van der Waals surface area contributed by atoms with Crippen LogP contribution >= 0.6 is 27.5 Å². The third kappa shape index (κ3) is 2.24. The molecule has 0 atom stereocenters. The van der Waals surface area contributed by atoms with Crippen molar-refractivity contribution < 1.29 is 0 Å². The average Bonchev–Trinajstić information content (AvgIpc) is 2.43. The Bertz CT molecular complexity index is 980. The Kier molecular flexibility index (Phi) is 3.30. The van der Waals surface area contributed by atoms with Crippen LogP contribution in [0.4, 0.5) is 5.82 Å². The molecule has 21 heavy (non-hydrogen) atoms. The van der Waals surface area contributed by atoms with Crippen LogP contribution in [0.25, 0.3) is 16.6 Å². The molecule has 0 unspecified atom stereocenters. The molecule has 2 aromatic heterocycles. The molecular formula is C13H8BrClN4O2. The van der Waals surface area contributed by atoms with Crippen LogP contribution < -0.4 is 17.0 Å². The maximum atomic E-state index is 12.5. The number of H-pyrrole nitrogens is 1. The van der Waals surface area contributed by atoms with E-state index in [0.717, 1.165) is 9.04 Å². The van der Waals surface area contributed by atoms with Crippen molar-refractivity contribution >= 4 is 44.3 Å². The first-order valence-electron chi connectivity index (χ1n) is 5.84. The molecule has 0 saturated heterocycles. The third-order valence-corrected chi connectivity index (χ3v) is 3.88. The number of halogens is 2. The van der Waals surface area contributed by atoms with E-state index < -0.39 is 11.2 Å². The normalized spacial score (nSPS) is 11.0. The second-order valence-corrected chi connectivity index (χ2v) is 5.58. The topological polar surface area (TPSA) is 93.8 Å². The standard InChI is InChI=1S/C13H8BrClN4O2/c14-6-1-2-7-8(5-6)18-13(21)19(12(7)20)9-3-4-17-11(16)10(9)15/h1-5H,(H2,16,17)(H,18,21). The number of anilines is 1. The van der Waals surface area contributed by atoms with E-state index in [1.807, 2.05) is 0 Å². The molecule has 0 aliphatic rings. The summed E-state index contributed by atoms with van der Waals surface area (Å²) in [5, 5.41) is 0.422. The highest BCUT2D eigenvalue weighted by Gasteiger charge is 2.14. The molecule has 0 bridgehead atoms. The third-order valence-electron chi connectivity index (χ3n) is 3.00. The average molecular weight is 368 g/mol. The maximum absolute atomic E-state index is 12.5. The summed E-state index contributed by atoms with van der Waals surface area (Å²) >= 11 is 9.33. The summed E-state index contributed by atoms with van der Waals surface area (Å²) in [6, 6.07) is 6.45. The fourth-order valence-corrected chi connectivity index (χ4v) is 2.59. The highest BCUT2D eigenvalue weighted by Crippen LogP contribution is 2.23. The smallest absolute Gasteiger partial charge is 0.333 e. The number of aromatic nitrogens is 3. The Hall–Kier alpha value is -2.12. The largest absolute Gasteiger partial charge is 0.382 e. The molecule has 106 valence electrons. The first-order valence-corrected chi connectivity index (χ1v) is 7.01. The number of aromatic amines is 1. The lowest BCUT2D eigenvalue weighted by molar-refractivity contribution is 0.899. The monoisotopic (exact) mass is 366 g/mol. The van der Waals surface area contributed by atoms with E-state index in [2.05, 4.69) is 25.9 Å². The second-order valence-electron chi connectivity index (χ2n) is 4.29. The molecule has 6 nitrogen and oxygen atoms in total. The molecule has 3 rings (SSSR count). The zero-order valence-corrected chi connectivity index (χ0v) is 12.8. The van der Waals surface area contributed by atoms with E-state index in [1.165, 1.54) is 12.3 Å². The first-order chi connectivity index (χ1) is 9.99. The van der Waals surface area contributed by atoms with Crippen molar-refractivity contribution in [2.45, 2.75) is 0 Å². The van der Waals surface area contributed by atoms with Gasteiger partial charge in [0.2, 0.25) is 0 Å². The van der Waals surface area contributed by atoms with Crippen molar-refractivity contribution in [2.24, 2.45) is 0 Å². The van der Waals surface area contributed by atoms with Gasteiger partial charge in [0.1, 0.15) is 10.8 Å². The number of benzene rings is 1. The van der Waals surface area contributed by atoms with Gasteiger partial charge in [-0.15, -0.1) is 0 Å². The van der Waals surface area contributed by atoms with Crippen LogP contribution in [0, 0.1) is 0 Å². The maximum Gasteiger partial charge on any atom is 0.333 e. The SMILES string of the molecule is Nc1nccc(-n2c(=O)[nH]c3cc(Br)ccc3c2=O)c1Cl. The number of nitrogen functional groups attached to an aromatic ring is 1. The lowest BCUT2D eigenvalue weighted by atomic mass is 10.2. The van der Waals surface area contributed by atoms with Gasteiger partial charge in [-0.25, -0.2) is 14.3 Å². The van der Waals surface area contributed by atoms with Crippen LogP contribution in [0.3, 0.4) is 0 Å². The van der Waals surface area contributed by atoms with E-state index in [-0.39, 0.29) is 16.5 Å². The van der Waals surface area contributed by atoms with Gasteiger partial charge in [-0.1, -0.05) is 27.5 Å². The van der Waals surface area contributed by atoms with Gasteiger partial charge in [-0.2, -0.15) is 0 Å². The molecule has 0 fully saturated rings. The van der Waals surface area contributed by atoms with Crippen molar-refractivity contribution in [3.63, 3.8) is 0 Å². The molecule has 0 amide bonds. The van der Waals surface area contributed by atoms with Crippen molar-refractivity contribution in [3.8, 4) is 5.69 Å². The number of pyridine rings is 1. The van der Waals surface area contributed by atoms with Gasteiger partial charge >= 0.3 is 5.69 Å². The van der Waals surface area contributed by atoms with Crippen molar-refractivity contribution in [1.82, 2.24) is 14.5 Å². The number of fused-ring (bicyclic) bond motifs is 1. The summed E-state index contributed by atoms with van der Waals surface area (Å²) in [4.78, 5) is 31.2. The molecule has 3 aromatic rings. The van der Waals surface area contributed by atoms with Gasteiger partial charge in [0.05, 0.1) is 16.6 Å². The van der Waals surface area contributed by atoms with Crippen molar-refractivity contribution in [3.05, 3.63) is 60.8 Å². The highest BCUT2D eigenvalue weighted by molar-refractivity contribution is 9.10. The first kappa shape index (κ1) is 13.8. The summed E-state index contributed by atoms with van der Waals surface area (Å²) in [6.07, 6.45) is 1.38. The van der Waals surface area contributed by atoms with Gasteiger partial charge in [0.25, 0.3) is 5.56 Å². The van der Waals surface area contributed by atoms with E-state index in [9.17, 15) is 9.59 Å². The van der Waals surface area contributed by atoms with E-state index >= 15 is 0 Å². The fraction of sp³-hybridized carbons (Fsp3) is 0. The van der Waals surface area contributed by atoms with Crippen LogP contribution in [-0.2, 0) is 0 Å². The van der Waals surface area contributed by atoms with Gasteiger partial charge < -0.3 is 10.7 Å². The fourth-order valence-electron chi connectivity index (χ4n) is 2.03. The van der Waals surface area contributed by atoms with Crippen molar-refractivity contribution in [2.75, 3.05) is 5.73 Å². The molecule has 0 radical (unpaired) electrons. The summed E-state index contributed by atoms with van der Waals surface area (Å²) in [7, 11) is 0. The Morgan fingerprint density at radius 1 is 1.29 bits per heavy atom. The predicted molar refractivity (Wildman–Crippen MR) is 85.1 cm³/mol. The van der Waals surface area contributed by atoms with E-state index in [1.54, 1.807) is 18.2 Å². The molecular weight excluding hydrogens is 360 g/mol. The van der Waals surface area contributed by atoms with Gasteiger partial charge in [-0.3, -0.25) is 4.79 Å². The minimum Gasteiger partial charge on any atom is -0.382 e. The van der Waals surface area contributed by atoms with Crippen LogP contribution in [0.1, 0.15) is 0 Å². The Morgan fingerprint density at radius 2 is 2.05 bits per heavy atom. The Labute approximate surface area is 131 Å². The second kappa shape index (κ2) is 5.01. The van der Waals surface area contributed by atoms with E-state index in [0.29, 0.717) is 10.9 Å². The van der Waals surface area contributed by atoms with Gasteiger partial charge in [0, 0.05) is 10.7 Å². The van der Waals surface area contributed by atoms with Crippen LogP contribution in [-0.4, -0.2) is 14.5 Å². The molecule has 0 saturated carbocycles. The lowest BCUT2D eigenvalue weighted by Crippen LogP contribution is -2.33. The molecule has 0 aliphatic carbocycles. The molecule has 3 N–H and O–H groups in total. The predicted octanol–water partition coefficient (Wildman–Crippen LogP) is 2.07. The van der Waals surface area contributed by atoms with Crippen LogP contribution in [0.5, 0.6) is 0 Å². The van der Waals surface area contributed by atoms with Crippen molar-refractivity contribution in [1.29, 1.82) is 0 Å². The number of nitrogens with zero attached hydrogens (tertiary/aromatic N) is 2. The molecule has 1 aromatic carbocycles. The summed E-state index contributed by atoms with van der Waals surface area (Å²) in [5.41, 5.74) is 5.17. The number of hydrogen-bond acceptors (Lipinski definition) is 4. The number of nitrogens with two attached hydrogens (primary N) is 1. The van der Waals surface area contributed by atoms with Crippen LogP contribution in [0.15, 0.2) is 44.5 Å². The van der Waals surface area contributed by atoms with Gasteiger partial charge in [-0.05, 0) is 24.3 Å². The lowest BCUT2D eigenvalue weighted by Gasteiger charge is -2.09. The summed E-state index contributed by atoms with van der Waals surface area (Å²) in [6.45, 7) is 0. The number of rotatable bonds is 1. The zero-order valence-electron chi connectivity index (χ0n) is 10.4. The Morgan fingerprint density at radius 3 is 2.81 bits per heavy atom. The summed E-state index contributed by atoms with van der Waals surface area (Å²) < 4.78 is 1.70. The summed E-state index contributed by atoms with van der Waals surface area (Å²) in [5.74, 6) is 0.0522. The minimum absolute atomic E-state index is 0.0522. The quantitative estimate of drug-likeness (QED) is 0.688. The zero-order chi connectivity index (χ0) is 15.1. The number of hydrogen-bond donors (Lipinski definition) is 2. The number of nitrogens with one attached hydrogen (secondary N) is 1. The molecule has 2 heterocycles. The van der Waals surface area contributed by atoms with Crippen LogP contribution in [0.2, 0.25) is 5.02 Å². The minimum atomic E-state index is -0.599. The molecule has 8 heteroatoms. The van der Waals surface area contributed by atoms with E-state index in [4.69, 9.17) is 17.3 Å². The molecule has 0 spiro atoms. The highest BCUT2D eigenvalue weighted by atomic mass is 79.9. The van der Waals surface area contributed by atoms with Gasteiger partial charge in [0.15, 0.2) is 0 Å². The molecule has 0 aliphatic heterocycles.